The van der Waals surface area contributed by atoms with Crippen molar-refractivity contribution >= 4 is 17.6 Å². The van der Waals surface area contributed by atoms with Crippen LogP contribution in [0.4, 0.5) is 10.2 Å². The smallest absolute Gasteiger partial charge is 0.255 e. The number of carbonyl (C=O) groups excluding carboxylic acids is 2. The SMILES string of the molecule is Cc1cc(F)cc(C(=O)N2CCC3(CCCN(c4ccnc(C)n4)CCNC(=O)c4ccccc4OC3)CC2)c1. The number of aryl methyl sites for hydroxylation is 2. The third-order valence-corrected chi connectivity index (χ3v) is 7.95. The van der Waals surface area contributed by atoms with Crippen LogP contribution in [-0.4, -0.2) is 66.0 Å². The van der Waals surface area contributed by atoms with Crippen molar-refractivity contribution in [1.29, 1.82) is 0 Å². The summed E-state index contributed by atoms with van der Waals surface area (Å²) in [5, 5.41) is 3.03. The first-order valence-corrected chi connectivity index (χ1v) is 13.9. The molecular formula is C31H36FN5O3. The van der Waals surface area contributed by atoms with E-state index >= 15 is 0 Å². The zero-order valence-corrected chi connectivity index (χ0v) is 23.2. The molecule has 1 N–H and O–H groups in total. The number of nitrogens with one attached hydrogen (secondary N) is 1. The van der Waals surface area contributed by atoms with E-state index in [1.807, 2.05) is 36.1 Å². The second-order valence-corrected chi connectivity index (χ2v) is 10.9. The third kappa shape index (κ3) is 6.41. The number of anilines is 1. The Morgan fingerprint density at radius 3 is 2.60 bits per heavy atom. The molecule has 0 saturated carbocycles. The standard InChI is InChI=1S/C31H36FN5O3/c1-22-18-24(20-25(32)19-22)30(39)37-15-10-31(11-16-37)9-5-14-36(28-8-12-33-23(2)35-28)17-13-34-29(38)26-6-3-4-7-27(26)40-21-31/h3-4,6-8,12,18-20H,5,9-11,13-17,21H2,1-2H3,(H,34,38). The number of aromatic nitrogens is 2. The van der Waals surface area contributed by atoms with E-state index in [1.165, 1.54) is 12.1 Å². The Labute approximate surface area is 234 Å². The fourth-order valence-electron chi connectivity index (χ4n) is 5.71. The van der Waals surface area contributed by atoms with Crippen molar-refractivity contribution in [2.24, 2.45) is 5.41 Å². The lowest BCUT2D eigenvalue weighted by Crippen LogP contribution is -2.46. The van der Waals surface area contributed by atoms with Crippen LogP contribution in [0.15, 0.2) is 54.7 Å². The van der Waals surface area contributed by atoms with Crippen LogP contribution in [0.3, 0.4) is 0 Å². The molecule has 3 heterocycles. The lowest BCUT2D eigenvalue weighted by molar-refractivity contribution is 0.0364. The summed E-state index contributed by atoms with van der Waals surface area (Å²) in [7, 11) is 0. The molecule has 1 aromatic heterocycles. The number of likely N-dealkylation sites (tertiary alicyclic amines) is 1. The van der Waals surface area contributed by atoms with E-state index < -0.39 is 5.82 Å². The summed E-state index contributed by atoms with van der Waals surface area (Å²) < 4.78 is 20.3. The molecule has 0 unspecified atom stereocenters. The van der Waals surface area contributed by atoms with E-state index in [0.29, 0.717) is 55.5 Å². The Balaban J connectivity index is 1.36. The first-order valence-electron chi connectivity index (χ1n) is 13.9. The molecule has 0 bridgehead atoms. The Kier molecular flexibility index (Phi) is 8.28. The fourth-order valence-corrected chi connectivity index (χ4v) is 5.71. The Hall–Kier alpha value is -4.01. The fraction of sp³-hybridized carbons (Fsp3) is 0.419. The number of halogens is 1. The number of nitrogens with zero attached hydrogens (tertiary/aromatic N) is 4. The molecule has 2 aromatic carbocycles. The maximum absolute atomic E-state index is 14.0. The van der Waals surface area contributed by atoms with Gasteiger partial charge in [0, 0.05) is 49.9 Å². The normalized spacial score (nSPS) is 18.0. The Morgan fingerprint density at radius 2 is 1.82 bits per heavy atom. The van der Waals surface area contributed by atoms with E-state index in [0.717, 1.165) is 43.6 Å². The lowest BCUT2D eigenvalue weighted by atomic mass is 9.75. The highest BCUT2D eigenvalue weighted by Crippen LogP contribution is 2.38. The van der Waals surface area contributed by atoms with Gasteiger partial charge in [0.25, 0.3) is 11.8 Å². The van der Waals surface area contributed by atoms with Crippen molar-refractivity contribution in [1.82, 2.24) is 20.2 Å². The molecule has 1 saturated heterocycles. The number of hydrogen-bond acceptors (Lipinski definition) is 6. The molecular weight excluding hydrogens is 509 g/mol. The number of rotatable bonds is 2. The molecule has 0 aliphatic carbocycles. The van der Waals surface area contributed by atoms with Crippen LogP contribution >= 0.6 is 0 Å². The van der Waals surface area contributed by atoms with Gasteiger partial charge < -0.3 is 19.9 Å². The summed E-state index contributed by atoms with van der Waals surface area (Å²) in [6, 6.07) is 13.7. The number of fused-ring (bicyclic) bond motifs is 1. The second kappa shape index (κ2) is 12.0. The highest BCUT2D eigenvalue weighted by molar-refractivity contribution is 5.97. The number of carbonyl (C=O) groups is 2. The number of hydrogen-bond donors (Lipinski definition) is 1. The van der Waals surface area contributed by atoms with E-state index in [9.17, 15) is 14.0 Å². The van der Waals surface area contributed by atoms with Gasteiger partial charge in [0.1, 0.15) is 23.2 Å². The average molecular weight is 546 g/mol. The van der Waals surface area contributed by atoms with E-state index in [-0.39, 0.29) is 17.2 Å². The van der Waals surface area contributed by atoms with Crippen LogP contribution in [0, 0.1) is 25.1 Å². The van der Waals surface area contributed by atoms with Crippen LogP contribution in [0.5, 0.6) is 5.75 Å². The maximum atomic E-state index is 14.0. The minimum atomic E-state index is -0.397. The average Bonchev–Trinajstić information content (AvgIpc) is 2.95. The molecule has 1 fully saturated rings. The van der Waals surface area contributed by atoms with Crippen molar-refractivity contribution in [2.45, 2.75) is 39.5 Å². The predicted molar refractivity (Wildman–Crippen MR) is 151 cm³/mol. The molecule has 2 amide bonds. The van der Waals surface area contributed by atoms with E-state index in [1.54, 1.807) is 25.3 Å². The number of ether oxygens (including phenoxy) is 1. The summed E-state index contributed by atoms with van der Waals surface area (Å²) in [6.45, 7) is 7.10. The molecule has 2 aliphatic heterocycles. The Bertz CT molecular complexity index is 1350. The van der Waals surface area contributed by atoms with Gasteiger partial charge >= 0.3 is 0 Å². The van der Waals surface area contributed by atoms with Crippen LogP contribution in [-0.2, 0) is 0 Å². The summed E-state index contributed by atoms with van der Waals surface area (Å²) in [5.41, 5.74) is 1.46. The highest BCUT2D eigenvalue weighted by Gasteiger charge is 2.37. The minimum absolute atomic E-state index is 0.143. The second-order valence-electron chi connectivity index (χ2n) is 10.9. The van der Waals surface area contributed by atoms with Crippen LogP contribution in [0.25, 0.3) is 0 Å². The first-order chi connectivity index (χ1) is 19.3. The topological polar surface area (TPSA) is 87.7 Å². The van der Waals surface area contributed by atoms with Crippen molar-refractivity contribution in [2.75, 3.05) is 44.2 Å². The summed E-state index contributed by atoms with van der Waals surface area (Å²) in [5.74, 6) is 1.40. The molecule has 2 aliphatic rings. The lowest BCUT2D eigenvalue weighted by Gasteiger charge is -2.42. The zero-order valence-electron chi connectivity index (χ0n) is 23.2. The number of piperidine rings is 1. The van der Waals surface area contributed by atoms with Crippen LogP contribution in [0.2, 0.25) is 0 Å². The zero-order chi connectivity index (χ0) is 28.1. The van der Waals surface area contributed by atoms with E-state index in [4.69, 9.17) is 4.74 Å². The number of para-hydroxylation sites is 1. The molecule has 210 valence electrons. The molecule has 40 heavy (non-hydrogen) atoms. The summed E-state index contributed by atoms with van der Waals surface area (Å²) in [4.78, 5) is 39.1. The van der Waals surface area contributed by atoms with Gasteiger partial charge in [0.15, 0.2) is 0 Å². The summed E-state index contributed by atoms with van der Waals surface area (Å²) >= 11 is 0. The van der Waals surface area contributed by atoms with Crippen molar-refractivity contribution in [3.63, 3.8) is 0 Å². The van der Waals surface area contributed by atoms with Gasteiger partial charge in [-0.05, 0) is 81.5 Å². The van der Waals surface area contributed by atoms with Crippen molar-refractivity contribution in [3.8, 4) is 5.75 Å². The van der Waals surface area contributed by atoms with Crippen molar-refractivity contribution < 1.29 is 18.7 Å². The van der Waals surface area contributed by atoms with Gasteiger partial charge in [-0.1, -0.05) is 12.1 Å². The number of amides is 2. The molecule has 8 nitrogen and oxygen atoms in total. The van der Waals surface area contributed by atoms with Crippen molar-refractivity contribution in [3.05, 3.63) is 83.1 Å². The van der Waals surface area contributed by atoms with Gasteiger partial charge in [0.05, 0.1) is 12.2 Å². The summed E-state index contributed by atoms with van der Waals surface area (Å²) in [6.07, 6.45) is 5.08. The Morgan fingerprint density at radius 1 is 1.02 bits per heavy atom. The maximum Gasteiger partial charge on any atom is 0.255 e. The molecule has 3 aromatic rings. The highest BCUT2D eigenvalue weighted by atomic mass is 19.1. The predicted octanol–water partition coefficient (Wildman–Crippen LogP) is 4.56. The van der Waals surface area contributed by atoms with Gasteiger partial charge in [-0.2, -0.15) is 0 Å². The largest absolute Gasteiger partial charge is 0.492 e. The van der Waals surface area contributed by atoms with Gasteiger partial charge in [-0.25, -0.2) is 14.4 Å². The quantitative estimate of drug-likeness (QED) is 0.508. The van der Waals surface area contributed by atoms with Crippen LogP contribution in [0.1, 0.15) is 57.8 Å². The van der Waals surface area contributed by atoms with Crippen LogP contribution < -0.4 is 15.0 Å². The minimum Gasteiger partial charge on any atom is -0.492 e. The molecule has 5 rings (SSSR count). The molecule has 9 heteroatoms. The third-order valence-electron chi connectivity index (χ3n) is 7.95. The molecule has 1 spiro atoms. The van der Waals surface area contributed by atoms with Gasteiger partial charge in [-0.3, -0.25) is 9.59 Å². The molecule has 0 atom stereocenters. The first kappa shape index (κ1) is 27.6. The van der Waals surface area contributed by atoms with E-state index in [2.05, 4.69) is 20.2 Å². The van der Waals surface area contributed by atoms with Gasteiger partial charge in [0.2, 0.25) is 0 Å². The number of benzene rings is 2. The van der Waals surface area contributed by atoms with Gasteiger partial charge in [-0.15, -0.1) is 0 Å². The monoisotopic (exact) mass is 545 g/mol. The molecule has 0 radical (unpaired) electrons.